The van der Waals surface area contributed by atoms with Crippen LogP contribution in [0.1, 0.15) is 5.56 Å². The smallest absolute Gasteiger partial charge is 0.416 e. The average Bonchev–Trinajstić information content (AvgIpc) is 2.39. The van der Waals surface area contributed by atoms with Crippen LogP contribution in [0.5, 0.6) is 6.01 Å². The molecular weight excluding hydrogens is 311 g/mol. The van der Waals surface area contributed by atoms with Crippen LogP contribution in [-0.2, 0) is 6.18 Å². The molecule has 2 rings (SSSR count). The van der Waals surface area contributed by atoms with E-state index in [1.807, 2.05) is 0 Å². The van der Waals surface area contributed by atoms with Gasteiger partial charge in [-0.2, -0.15) is 28.1 Å². The Kier molecular flexibility index (Phi) is 4.03. The highest BCUT2D eigenvalue weighted by Crippen LogP contribution is 2.34. The summed E-state index contributed by atoms with van der Waals surface area (Å²) in [5.74, 6) is -0.229. The molecule has 6 nitrogen and oxygen atoms in total. The normalized spacial score (nSPS) is 11.3. The van der Waals surface area contributed by atoms with Crippen molar-refractivity contribution in [2.24, 2.45) is 0 Å². The zero-order chi connectivity index (χ0) is 15.6. The van der Waals surface area contributed by atoms with Crippen molar-refractivity contribution in [3.63, 3.8) is 0 Å². The van der Waals surface area contributed by atoms with Gasteiger partial charge in [-0.15, -0.1) is 0 Å². The van der Waals surface area contributed by atoms with Gasteiger partial charge in [0.05, 0.1) is 23.4 Å². The second kappa shape index (κ2) is 5.60. The van der Waals surface area contributed by atoms with E-state index in [0.29, 0.717) is 0 Å². The molecule has 0 aliphatic heterocycles. The van der Waals surface area contributed by atoms with E-state index in [1.54, 1.807) is 0 Å². The minimum Gasteiger partial charge on any atom is -0.467 e. The molecular formula is C11H9ClF3N5O. The van der Waals surface area contributed by atoms with Crippen molar-refractivity contribution >= 4 is 29.2 Å². The molecule has 0 saturated heterocycles. The van der Waals surface area contributed by atoms with Crippen LogP contribution in [0, 0.1) is 0 Å². The molecule has 1 heterocycles. The van der Waals surface area contributed by atoms with Crippen molar-refractivity contribution < 1.29 is 17.9 Å². The molecule has 112 valence electrons. The number of anilines is 3. The van der Waals surface area contributed by atoms with Crippen molar-refractivity contribution in [3.8, 4) is 6.01 Å². The topological polar surface area (TPSA) is 86.0 Å². The Balaban J connectivity index is 2.37. The Labute approximate surface area is 122 Å². The van der Waals surface area contributed by atoms with E-state index >= 15 is 0 Å². The van der Waals surface area contributed by atoms with E-state index in [2.05, 4.69) is 20.3 Å². The van der Waals surface area contributed by atoms with E-state index in [4.69, 9.17) is 22.1 Å². The average molecular weight is 320 g/mol. The van der Waals surface area contributed by atoms with Crippen LogP contribution in [-0.4, -0.2) is 22.1 Å². The van der Waals surface area contributed by atoms with E-state index in [0.717, 1.165) is 18.2 Å². The predicted molar refractivity (Wildman–Crippen MR) is 70.5 cm³/mol. The fourth-order valence-corrected chi connectivity index (χ4v) is 1.60. The highest BCUT2D eigenvalue weighted by atomic mass is 35.5. The summed E-state index contributed by atoms with van der Waals surface area (Å²) in [6.45, 7) is 0. The number of halogens is 4. The minimum atomic E-state index is -4.49. The lowest BCUT2D eigenvalue weighted by atomic mass is 10.2. The van der Waals surface area contributed by atoms with Crippen molar-refractivity contribution in [3.05, 3.63) is 28.8 Å². The third-order valence-electron chi connectivity index (χ3n) is 2.35. The summed E-state index contributed by atoms with van der Waals surface area (Å²) in [6.07, 6.45) is -4.49. The van der Waals surface area contributed by atoms with Gasteiger partial charge in [0.1, 0.15) is 0 Å². The van der Waals surface area contributed by atoms with Gasteiger partial charge >= 0.3 is 12.2 Å². The second-order valence-electron chi connectivity index (χ2n) is 3.82. The number of methoxy groups -OCH3 is 1. The van der Waals surface area contributed by atoms with E-state index < -0.39 is 11.7 Å². The molecule has 3 N–H and O–H groups in total. The van der Waals surface area contributed by atoms with Gasteiger partial charge in [0.15, 0.2) is 0 Å². The summed E-state index contributed by atoms with van der Waals surface area (Å²) in [5.41, 5.74) is 4.56. The standard InChI is InChI=1S/C11H9ClF3N5O/c1-21-10-19-8(16)18-9(20-10)17-7-4-5(11(13,14)15)2-3-6(7)12/h2-4H,1H3,(H3,16,17,18,19,20). The quantitative estimate of drug-likeness (QED) is 0.904. The first-order valence-corrected chi connectivity index (χ1v) is 5.86. The van der Waals surface area contributed by atoms with Gasteiger partial charge in [0.25, 0.3) is 0 Å². The molecule has 0 spiro atoms. The van der Waals surface area contributed by atoms with Crippen LogP contribution in [0.2, 0.25) is 5.02 Å². The first kappa shape index (κ1) is 15.1. The molecule has 0 amide bonds. The maximum absolute atomic E-state index is 12.7. The molecule has 0 saturated carbocycles. The molecule has 10 heteroatoms. The molecule has 0 aliphatic carbocycles. The lowest BCUT2D eigenvalue weighted by molar-refractivity contribution is -0.137. The number of benzene rings is 1. The largest absolute Gasteiger partial charge is 0.467 e. The molecule has 1 aromatic carbocycles. The number of rotatable bonds is 3. The number of nitrogens with one attached hydrogen (secondary N) is 1. The summed E-state index contributed by atoms with van der Waals surface area (Å²) in [6, 6.07) is 2.76. The third-order valence-corrected chi connectivity index (χ3v) is 2.68. The molecule has 0 fully saturated rings. The Morgan fingerprint density at radius 1 is 1.24 bits per heavy atom. The van der Waals surface area contributed by atoms with Crippen molar-refractivity contribution in [2.75, 3.05) is 18.2 Å². The molecule has 0 atom stereocenters. The summed E-state index contributed by atoms with van der Waals surface area (Å²) in [4.78, 5) is 11.2. The second-order valence-corrected chi connectivity index (χ2v) is 4.23. The van der Waals surface area contributed by atoms with Crippen LogP contribution in [0.15, 0.2) is 18.2 Å². The summed E-state index contributed by atoms with van der Waals surface area (Å²) >= 11 is 5.85. The number of nitrogen functional groups attached to an aromatic ring is 1. The first-order valence-electron chi connectivity index (χ1n) is 5.49. The molecule has 21 heavy (non-hydrogen) atoms. The van der Waals surface area contributed by atoms with Gasteiger partial charge in [0.2, 0.25) is 11.9 Å². The summed E-state index contributed by atoms with van der Waals surface area (Å²) in [7, 11) is 1.32. The number of hydrogen-bond donors (Lipinski definition) is 2. The number of aromatic nitrogens is 3. The molecule has 0 bridgehead atoms. The van der Waals surface area contributed by atoms with Crippen molar-refractivity contribution in [1.29, 1.82) is 0 Å². The van der Waals surface area contributed by atoms with Gasteiger partial charge < -0.3 is 15.8 Å². The van der Waals surface area contributed by atoms with Gasteiger partial charge in [-0.1, -0.05) is 11.6 Å². The van der Waals surface area contributed by atoms with Gasteiger partial charge in [-0.3, -0.25) is 0 Å². The monoisotopic (exact) mass is 319 g/mol. The zero-order valence-electron chi connectivity index (χ0n) is 10.6. The zero-order valence-corrected chi connectivity index (χ0v) is 11.3. The number of alkyl halides is 3. The highest BCUT2D eigenvalue weighted by molar-refractivity contribution is 6.33. The Morgan fingerprint density at radius 3 is 2.57 bits per heavy atom. The number of nitrogens with zero attached hydrogens (tertiary/aromatic N) is 3. The van der Waals surface area contributed by atoms with Crippen LogP contribution in [0.25, 0.3) is 0 Å². The molecule has 0 radical (unpaired) electrons. The third kappa shape index (κ3) is 3.63. The maximum Gasteiger partial charge on any atom is 0.416 e. The molecule has 2 aromatic rings. The number of ether oxygens (including phenoxy) is 1. The van der Waals surface area contributed by atoms with E-state index in [-0.39, 0.29) is 28.6 Å². The van der Waals surface area contributed by atoms with Gasteiger partial charge in [-0.25, -0.2) is 0 Å². The van der Waals surface area contributed by atoms with Crippen molar-refractivity contribution in [1.82, 2.24) is 15.0 Å². The summed E-state index contributed by atoms with van der Waals surface area (Å²) in [5, 5.41) is 2.62. The van der Waals surface area contributed by atoms with Crippen LogP contribution < -0.4 is 15.8 Å². The Morgan fingerprint density at radius 2 is 1.95 bits per heavy atom. The van der Waals surface area contributed by atoms with Crippen LogP contribution >= 0.6 is 11.6 Å². The molecule has 0 aliphatic rings. The molecule has 1 aromatic heterocycles. The highest BCUT2D eigenvalue weighted by Gasteiger charge is 2.31. The van der Waals surface area contributed by atoms with Gasteiger partial charge in [0, 0.05) is 0 Å². The predicted octanol–water partition coefficient (Wildman–Crippen LogP) is 2.88. The lowest BCUT2D eigenvalue weighted by Gasteiger charge is -2.11. The van der Waals surface area contributed by atoms with Crippen molar-refractivity contribution in [2.45, 2.75) is 6.18 Å². The Hall–Kier alpha value is -2.29. The summed E-state index contributed by atoms with van der Waals surface area (Å²) < 4.78 is 42.8. The van der Waals surface area contributed by atoms with Crippen LogP contribution in [0.3, 0.4) is 0 Å². The molecule has 0 unspecified atom stereocenters. The van der Waals surface area contributed by atoms with E-state index in [1.165, 1.54) is 7.11 Å². The number of hydrogen-bond acceptors (Lipinski definition) is 6. The lowest BCUT2D eigenvalue weighted by Crippen LogP contribution is -2.08. The SMILES string of the molecule is COc1nc(N)nc(Nc2cc(C(F)(F)F)ccc2Cl)n1. The van der Waals surface area contributed by atoms with Gasteiger partial charge in [-0.05, 0) is 18.2 Å². The Bertz CT molecular complexity index is 665. The fraction of sp³-hybridized carbons (Fsp3) is 0.182. The minimum absolute atomic E-state index is 0.0147. The first-order chi connectivity index (χ1) is 9.79. The number of nitrogens with two attached hydrogens (primary N) is 1. The maximum atomic E-state index is 12.7. The fourth-order valence-electron chi connectivity index (χ4n) is 1.44. The van der Waals surface area contributed by atoms with E-state index in [9.17, 15) is 13.2 Å². The van der Waals surface area contributed by atoms with Crippen LogP contribution in [0.4, 0.5) is 30.8 Å².